The number of hydrogen-bond donors (Lipinski definition) is 1. The van der Waals surface area contributed by atoms with Crippen molar-refractivity contribution in [2.45, 2.75) is 12.5 Å². The predicted octanol–water partition coefficient (Wildman–Crippen LogP) is 2.33. The van der Waals surface area contributed by atoms with Crippen molar-refractivity contribution in [3.8, 4) is 11.8 Å². The van der Waals surface area contributed by atoms with E-state index in [9.17, 15) is 8.42 Å². The van der Waals surface area contributed by atoms with Crippen LogP contribution in [0.5, 0.6) is 5.75 Å². The summed E-state index contributed by atoms with van der Waals surface area (Å²) in [5.41, 5.74) is 2.44. The van der Waals surface area contributed by atoms with Crippen molar-refractivity contribution in [3.05, 3.63) is 76.3 Å². The maximum absolute atomic E-state index is 11.1. The Morgan fingerprint density at radius 2 is 2.00 bits per heavy atom. The van der Waals surface area contributed by atoms with Gasteiger partial charge in [-0.15, -0.1) is 0 Å². The molecule has 0 unspecified atom stereocenters. The van der Waals surface area contributed by atoms with Crippen molar-refractivity contribution in [1.29, 1.82) is 5.26 Å². The quantitative estimate of drug-likeness (QED) is 0.617. The molecule has 0 aliphatic rings. The van der Waals surface area contributed by atoms with Crippen LogP contribution >= 0.6 is 15.9 Å². The zero-order valence-electron chi connectivity index (χ0n) is 13.9. The summed E-state index contributed by atoms with van der Waals surface area (Å²) in [5, 5.41) is 18.1. The summed E-state index contributed by atoms with van der Waals surface area (Å²) < 4.78 is 29.1. The third kappa shape index (κ3) is 4.91. The Labute approximate surface area is 164 Å². The van der Waals surface area contributed by atoms with Gasteiger partial charge in [0.1, 0.15) is 12.7 Å². The van der Waals surface area contributed by atoms with Crippen molar-refractivity contribution in [2.24, 2.45) is 5.14 Å². The minimum Gasteiger partial charge on any atom is -0.370 e. The van der Waals surface area contributed by atoms with Gasteiger partial charge in [-0.2, -0.15) is 23.9 Å². The van der Waals surface area contributed by atoms with Gasteiger partial charge in [0.15, 0.2) is 5.75 Å². The lowest BCUT2D eigenvalue weighted by Crippen LogP contribution is -2.19. The highest BCUT2D eigenvalue weighted by atomic mass is 79.9. The van der Waals surface area contributed by atoms with Crippen LogP contribution in [0.25, 0.3) is 0 Å². The first kappa shape index (κ1) is 19.0. The maximum Gasteiger partial charge on any atom is 0.380 e. The molecule has 10 heteroatoms. The van der Waals surface area contributed by atoms with E-state index in [1.54, 1.807) is 35.3 Å². The van der Waals surface area contributed by atoms with Crippen LogP contribution in [0, 0.1) is 11.3 Å². The molecular formula is C17H14BrN5O3S. The Bertz CT molecular complexity index is 1080. The molecular weight excluding hydrogens is 434 g/mol. The van der Waals surface area contributed by atoms with E-state index in [2.05, 4.69) is 32.1 Å². The molecule has 0 saturated heterocycles. The van der Waals surface area contributed by atoms with Crippen molar-refractivity contribution >= 4 is 26.2 Å². The molecule has 0 radical (unpaired) electrons. The van der Waals surface area contributed by atoms with Crippen LogP contribution in [-0.4, -0.2) is 23.2 Å². The molecule has 1 atom stereocenters. The van der Waals surface area contributed by atoms with Gasteiger partial charge < -0.3 is 4.18 Å². The molecule has 1 aromatic heterocycles. The van der Waals surface area contributed by atoms with Crippen LogP contribution in [0.2, 0.25) is 0 Å². The minimum atomic E-state index is -4.10. The zero-order chi connectivity index (χ0) is 19.4. The minimum absolute atomic E-state index is 0.108. The molecule has 1 heterocycles. The van der Waals surface area contributed by atoms with Gasteiger partial charge in [-0.25, -0.2) is 9.67 Å². The van der Waals surface area contributed by atoms with Crippen LogP contribution in [0.3, 0.4) is 0 Å². The molecule has 0 aliphatic carbocycles. The predicted molar refractivity (Wildman–Crippen MR) is 101 cm³/mol. The fourth-order valence-electron chi connectivity index (χ4n) is 2.61. The van der Waals surface area contributed by atoms with Crippen molar-refractivity contribution in [1.82, 2.24) is 14.8 Å². The summed E-state index contributed by atoms with van der Waals surface area (Å²) in [7, 11) is -4.10. The molecule has 138 valence electrons. The van der Waals surface area contributed by atoms with Gasteiger partial charge in [0.2, 0.25) is 0 Å². The summed E-state index contributed by atoms with van der Waals surface area (Å²) in [6.07, 6.45) is 3.63. The SMILES string of the molecule is N#Cc1ccc([C@H](Cc2ccc(OS(N)(=O)=O)c(Br)c2)n2cncn2)cc1. The molecule has 0 spiro atoms. The van der Waals surface area contributed by atoms with Gasteiger partial charge in [-0.3, -0.25) is 0 Å². The second-order valence-electron chi connectivity index (χ2n) is 5.67. The molecule has 3 rings (SSSR count). The Morgan fingerprint density at radius 3 is 2.56 bits per heavy atom. The molecule has 8 nitrogen and oxygen atoms in total. The normalized spacial score (nSPS) is 12.3. The third-order valence-corrected chi connectivity index (χ3v) is 4.84. The lowest BCUT2D eigenvalue weighted by atomic mass is 9.98. The van der Waals surface area contributed by atoms with Gasteiger partial charge >= 0.3 is 10.3 Å². The summed E-state index contributed by atoms with van der Waals surface area (Å²) in [6, 6.07) is 14.2. The molecule has 0 saturated carbocycles. The second-order valence-corrected chi connectivity index (χ2v) is 7.68. The second kappa shape index (κ2) is 7.87. The van der Waals surface area contributed by atoms with Crippen LogP contribution in [0.15, 0.2) is 59.6 Å². The smallest absolute Gasteiger partial charge is 0.370 e. The Morgan fingerprint density at radius 1 is 1.26 bits per heavy atom. The van der Waals surface area contributed by atoms with Crippen LogP contribution in [0.4, 0.5) is 0 Å². The molecule has 2 aromatic carbocycles. The highest BCUT2D eigenvalue weighted by Gasteiger charge is 2.17. The molecule has 0 amide bonds. The van der Waals surface area contributed by atoms with Crippen molar-refractivity contribution in [2.75, 3.05) is 0 Å². The number of benzene rings is 2. The number of nitrogens with two attached hydrogens (primary N) is 1. The number of aromatic nitrogens is 3. The van der Waals surface area contributed by atoms with E-state index in [4.69, 9.17) is 14.6 Å². The maximum atomic E-state index is 11.1. The topological polar surface area (TPSA) is 124 Å². The first-order valence-electron chi connectivity index (χ1n) is 7.70. The Hall–Kier alpha value is -2.74. The van der Waals surface area contributed by atoms with Crippen LogP contribution < -0.4 is 9.32 Å². The fraction of sp³-hybridized carbons (Fsp3) is 0.118. The first-order chi connectivity index (χ1) is 12.9. The summed E-state index contributed by atoms with van der Waals surface area (Å²) in [4.78, 5) is 4.01. The Kier molecular flexibility index (Phi) is 5.55. The van der Waals surface area contributed by atoms with Crippen LogP contribution in [-0.2, 0) is 16.7 Å². The summed E-state index contributed by atoms with van der Waals surface area (Å²) >= 11 is 3.30. The summed E-state index contributed by atoms with van der Waals surface area (Å²) in [6.45, 7) is 0. The van der Waals surface area contributed by atoms with Crippen LogP contribution in [0.1, 0.15) is 22.7 Å². The number of nitrogens with zero attached hydrogens (tertiary/aromatic N) is 4. The van der Waals surface area contributed by atoms with E-state index in [1.165, 1.54) is 12.4 Å². The van der Waals surface area contributed by atoms with E-state index >= 15 is 0 Å². The van der Waals surface area contributed by atoms with E-state index in [-0.39, 0.29) is 11.8 Å². The lowest BCUT2D eigenvalue weighted by Gasteiger charge is -2.18. The van der Waals surface area contributed by atoms with Gasteiger partial charge in [0, 0.05) is 0 Å². The average molecular weight is 448 g/mol. The highest BCUT2D eigenvalue weighted by molar-refractivity contribution is 9.10. The molecule has 27 heavy (non-hydrogen) atoms. The lowest BCUT2D eigenvalue weighted by molar-refractivity contribution is 0.485. The third-order valence-electron chi connectivity index (χ3n) is 3.81. The number of nitriles is 1. The molecule has 2 N–H and O–H groups in total. The standard InChI is InChI=1S/C17H14BrN5O3S/c18-15-7-13(3-6-17(15)26-27(20,24)25)8-16(23-11-21-10-22-23)14-4-1-12(9-19)2-5-14/h1-7,10-11,16H,8H2,(H2,20,24,25)/t16-/m0/s1. The molecule has 3 aromatic rings. The van der Waals surface area contributed by atoms with Crippen molar-refractivity contribution < 1.29 is 12.6 Å². The monoisotopic (exact) mass is 447 g/mol. The number of rotatable bonds is 6. The molecule has 0 bridgehead atoms. The van der Waals surface area contributed by atoms with Gasteiger partial charge in [-0.1, -0.05) is 18.2 Å². The molecule has 0 aliphatic heterocycles. The summed E-state index contributed by atoms with van der Waals surface area (Å²) in [5.74, 6) is 0.108. The van der Waals surface area contributed by atoms with E-state index in [0.717, 1.165) is 11.1 Å². The highest BCUT2D eigenvalue weighted by Crippen LogP contribution is 2.30. The Balaban J connectivity index is 1.91. The van der Waals surface area contributed by atoms with E-state index < -0.39 is 10.3 Å². The van der Waals surface area contributed by atoms with Gasteiger partial charge in [-0.05, 0) is 57.7 Å². The zero-order valence-corrected chi connectivity index (χ0v) is 16.3. The average Bonchev–Trinajstić information content (AvgIpc) is 3.15. The van der Waals surface area contributed by atoms with Gasteiger partial charge in [0.25, 0.3) is 0 Å². The number of hydrogen-bond acceptors (Lipinski definition) is 6. The van der Waals surface area contributed by atoms with E-state index in [0.29, 0.717) is 16.5 Å². The number of halogens is 1. The van der Waals surface area contributed by atoms with Gasteiger partial charge in [0.05, 0.1) is 22.1 Å². The van der Waals surface area contributed by atoms with E-state index in [1.807, 2.05) is 12.1 Å². The largest absolute Gasteiger partial charge is 0.380 e. The van der Waals surface area contributed by atoms with Crippen molar-refractivity contribution in [3.63, 3.8) is 0 Å². The fourth-order valence-corrected chi connectivity index (χ4v) is 3.62. The molecule has 0 fully saturated rings. The first-order valence-corrected chi connectivity index (χ1v) is 9.97.